The monoisotopic (exact) mass is 244 g/mol. The fraction of sp³-hybridized carbons (Fsp3) is 0.529. The summed E-state index contributed by atoms with van der Waals surface area (Å²) in [5.74, 6) is 0.602. The highest BCUT2D eigenvalue weighted by Gasteiger charge is 2.17. The Kier molecular flexibility index (Phi) is 4.60. The molecule has 18 heavy (non-hydrogen) atoms. The maximum atomic E-state index is 9.60. The Morgan fingerprint density at radius 1 is 1.17 bits per heavy atom. The van der Waals surface area contributed by atoms with Crippen molar-refractivity contribution in [2.75, 3.05) is 6.61 Å². The summed E-state index contributed by atoms with van der Waals surface area (Å²) in [6.45, 7) is 4.49. The molecule has 2 rings (SSSR count). The van der Waals surface area contributed by atoms with Crippen molar-refractivity contribution in [1.82, 2.24) is 0 Å². The second kappa shape index (κ2) is 6.19. The molecule has 1 aromatic carbocycles. The van der Waals surface area contributed by atoms with Crippen molar-refractivity contribution in [2.45, 2.75) is 46.0 Å². The molecule has 1 aromatic rings. The van der Waals surface area contributed by atoms with Crippen LogP contribution in [-0.4, -0.2) is 11.7 Å². The number of aliphatic hydroxyl groups excluding tert-OH is 1. The van der Waals surface area contributed by atoms with E-state index in [0.717, 1.165) is 0 Å². The van der Waals surface area contributed by atoms with Crippen molar-refractivity contribution in [1.29, 1.82) is 0 Å². The molecule has 1 aliphatic rings. The Hall–Kier alpha value is -1.08. The van der Waals surface area contributed by atoms with Crippen LogP contribution in [0.25, 0.3) is 6.08 Å². The van der Waals surface area contributed by atoms with Gasteiger partial charge in [-0.15, -0.1) is 0 Å². The zero-order valence-electron chi connectivity index (χ0n) is 11.6. The molecular formula is C17H24O. The van der Waals surface area contributed by atoms with Crippen molar-refractivity contribution < 1.29 is 5.11 Å². The second-order valence-electron chi connectivity index (χ2n) is 5.56. The van der Waals surface area contributed by atoms with E-state index in [-0.39, 0.29) is 6.61 Å². The number of hydrogen-bond donors (Lipinski definition) is 1. The van der Waals surface area contributed by atoms with Crippen molar-refractivity contribution in [3.63, 3.8) is 0 Å². The molecule has 0 spiro atoms. The Bertz CT molecular complexity index is 425. The van der Waals surface area contributed by atoms with Crippen LogP contribution >= 0.6 is 0 Å². The smallest absolute Gasteiger partial charge is 0.0647 e. The first-order valence-corrected chi connectivity index (χ1v) is 7.09. The predicted octanol–water partition coefficient (Wildman–Crippen LogP) is 4.26. The van der Waals surface area contributed by atoms with Crippen LogP contribution in [0.5, 0.6) is 0 Å². The van der Waals surface area contributed by atoms with Gasteiger partial charge in [0.1, 0.15) is 0 Å². The molecule has 0 heterocycles. The molecular weight excluding hydrogens is 220 g/mol. The quantitative estimate of drug-likeness (QED) is 0.842. The lowest BCUT2D eigenvalue weighted by Gasteiger charge is -2.23. The average Bonchev–Trinajstić information content (AvgIpc) is 2.41. The molecule has 0 unspecified atom stereocenters. The van der Waals surface area contributed by atoms with Crippen molar-refractivity contribution >= 4 is 6.08 Å². The third kappa shape index (κ3) is 3.23. The van der Waals surface area contributed by atoms with Crippen LogP contribution in [0.15, 0.2) is 23.8 Å². The predicted molar refractivity (Wildman–Crippen MR) is 77.6 cm³/mol. The molecule has 0 saturated heterocycles. The van der Waals surface area contributed by atoms with Crippen LogP contribution < -0.4 is 0 Å². The average molecular weight is 244 g/mol. The molecule has 1 nitrogen and oxygen atoms in total. The minimum absolute atomic E-state index is 0.206. The van der Waals surface area contributed by atoms with Crippen LogP contribution in [0.4, 0.5) is 0 Å². The normalized spacial score (nSPS) is 18.1. The van der Waals surface area contributed by atoms with Gasteiger partial charge < -0.3 is 5.11 Å². The summed E-state index contributed by atoms with van der Waals surface area (Å²) in [5, 5.41) is 9.60. The molecule has 1 aliphatic carbocycles. The largest absolute Gasteiger partial charge is 0.392 e. The summed E-state index contributed by atoms with van der Waals surface area (Å²) in [6, 6.07) is 6.53. The van der Waals surface area contributed by atoms with E-state index in [9.17, 15) is 5.11 Å². The summed E-state index contributed by atoms with van der Waals surface area (Å²) in [6.07, 6.45) is 8.68. The summed E-state index contributed by atoms with van der Waals surface area (Å²) in [7, 11) is 0. The molecule has 1 fully saturated rings. The van der Waals surface area contributed by atoms with Crippen LogP contribution in [0, 0.1) is 19.8 Å². The zero-order chi connectivity index (χ0) is 13.0. The lowest BCUT2D eigenvalue weighted by molar-refractivity contribution is 0.295. The van der Waals surface area contributed by atoms with Gasteiger partial charge >= 0.3 is 0 Å². The molecule has 0 atom stereocenters. The van der Waals surface area contributed by atoms with Gasteiger partial charge in [0, 0.05) is 0 Å². The van der Waals surface area contributed by atoms with Gasteiger partial charge in [0.2, 0.25) is 0 Å². The summed E-state index contributed by atoms with van der Waals surface area (Å²) < 4.78 is 0. The summed E-state index contributed by atoms with van der Waals surface area (Å²) >= 11 is 0. The lowest BCUT2D eigenvalue weighted by atomic mass is 9.83. The fourth-order valence-corrected chi connectivity index (χ4v) is 2.83. The Labute approximate surface area is 111 Å². The minimum Gasteiger partial charge on any atom is -0.392 e. The number of aliphatic hydroxyl groups is 1. The molecule has 1 saturated carbocycles. The van der Waals surface area contributed by atoms with E-state index in [1.165, 1.54) is 54.4 Å². The van der Waals surface area contributed by atoms with Gasteiger partial charge in [0.05, 0.1) is 6.61 Å². The molecule has 1 N–H and O–H groups in total. The van der Waals surface area contributed by atoms with Crippen molar-refractivity contribution in [2.24, 2.45) is 5.92 Å². The number of aryl methyl sites for hydroxylation is 2. The van der Waals surface area contributed by atoms with Gasteiger partial charge in [-0.05, 0) is 54.9 Å². The molecule has 0 aromatic heterocycles. The first-order valence-electron chi connectivity index (χ1n) is 7.09. The number of hydrogen-bond acceptors (Lipinski definition) is 1. The molecule has 0 radical (unpaired) electrons. The Balaban J connectivity index is 2.19. The first-order chi connectivity index (χ1) is 8.70. The second-order valence-corrected chi connectivity index (χ2v) is 5.56. The van der Waals surface area contributed by atoms with Gasteiger partial charge in [-0.25, -0.2) is 0 Å². The number of rotatable bonds is 3. The van der Waals surface area contributed by atoms with E-state index < -0.39 is 0 Å². The Morgan fingerprint density at radius 3 is 2.50 bits per heavy atom. The summed E-state index contributed by atoms with van der Waals surface area (Å²) in [4.78, 5) is 0. The van der Waals surface area contributed by atoms with E-state index in [1.54, 1.807) is 0 Å². The minimum atomic E-state index is 0.206. The van der Waals surface area contributed by atoms with E-state index in [4.69, 9.17) is 0 Å². The third-order valence-corrected chi connectivity index (χ3v) is 4.20. The van der Waals surface area contributed by atoms with Gasteiger partial charge in [0.15, 0.2) is 0 Å². The molecule has 1 heteroatoms. The molecule has 98 valence electrons. The van der Waals surface area contributed by atoms with E-state index in [1.807, 2.05) is 0 Å². The van der Waals surface area contributed by atoms with Gasteiger partial charge in [0.25, 0.3) is 0 Å². The van der Waals surface area contributed by atoms with Crippen LogP contribution in [0.3, 0.4) is 0 Å². The van der Waals surface area contributed by atoms with Crippen molar-refractivity contribution in [3.05, 3.63) is 40.5 Å². The highest BCUT2D eigenvalue weighted by atomic mass is 16.3. The first kappa shape index (κ1) is 13.4. The standard InChI is InChI=1S/C17H24O/c1-13-8-9-15(10-14(13)2)11-17(12-18)16-6-4-3-5-7-16/h8-11,16,18H,3-7,12H2,1-2H3. The molecule has 0 amide bonds. The van der Waals surface area contributed by atoms with Gasteiger partial charge in [-0.3, -0.25) is 0 Å². The topological polar surface area (TPSA) is 20.2 Å². The van der Waals surface area contributed by atoms with Gasteiger partial charge in [-0.1, -0.05) is 43.5 Å². The van der Waals surface area contributed by atoms with Crippen LogP contribution in [0.2, 0.25) is 0 Å². The molecule has 0 aliphatic heterocycles. The highest BCUT2D eigenvalue weighted by Crippen LogP contribution is 2.30. The maximum absolute atomic E-state index is 9.60. The van der Waals surface area contributed by atoms with Crippen LogP contribution in [0.1, 0.15) is 48.8 Å². The maximum Gasteiger partial charge on any atom is 0.0647 e. The van der Waals surface area contributed by atoms with E-state index in [2.05, 4.69) is 38.1 Å². The third-order valence-electron chi connectivity index (χ3n) is 4.20. The van der Waals surface area contributed by atoms with Gasteiger partial charge in [-0.2, -0.15) is 0 Å². The van der Waals surface area contributed by atoms with E-state index >= 15 is 0 Å². The lowest BCUT2D eigenvalue weighted by Crippen LogP contribution is -2.11. The van der Waals surface area contributed by atoms with E-state index in [0.29, 0.717) is 5.92 Å². The zero-order valence-corrected chi connectivity index (χ0v) is 11.6. The Morgan fingerprint density at radius 2 is 1.89 bits per heavy atom. The van der Waals surface area contributed by atoms with Crippen molar-refractivity contribution in [3.8, 4) is 0 Å². The highest BCUT2D eigenvalue weighted by molar-refractivity contribution is 5.55. The SMILES string of the molecule is Cc1ccc(C=C(CO)C2CCCCC2)cc1C. The number of benzene rings is 1. The summed E-state index contributed by atoms with van der Waals surface area (Å²) in [5.41, 5.74) is 5.10. The fourth-order valence-electron chi connectivity index (χ4n) is 2.83. The molecule has 0 bridgehead atoms. The van der Waals surface area contributed by atoms with Crippen LogP contribution in [-0.2, 0) is 0 Å².